The number of hydrogen-bond acceptors (Lipinski definition) is 5. The van der Waals surface area contributed by atoms with Gasteiger partial charge < -0.3 is 14.2 Å². The first-order chi connectivity index (χ1) is 13.5. The summed E-state index contributed by atoms with van der Waals surface area (Å²) in [4.78, 5) is 12.9. The molecule has 1 aromatic carbocycles. The summed E-state index contributed by atoms with van der Waals surface area (Å²) in [5.41, 5.74) is 2.15. The summed E-state index contributed by atoms with van der Waals surface area (Å²) in [5, 5.41) is 8.94. The van der Waals surface area contributed by atoms with Gasteiger partial charge in [0.05, 0.1) is 25.5 Å². The normalized spacial score (nSPS) is 12.1. The van der Waals surface area contributed by atoms with Crippen molar-refractivity contribution in [3.8, 4) is 5.69 Å². The van der Waals surface area contributed by atoms with Crippen molar-refractivity contribution in [2.24, 2.45) is 7.05 Å². The molecule has 2 aromatic heterocycles. The Labute approximate surface area is 169 Å². The summed E-state index contributed by atoms with van der Waals surface area (Å²) < 4.78 is 11.0. The topological polar surface area (TPSA) is 71.3 Å². The van der Waals surface area contributed by atoms with Crippen molar-refractivity contribution >= 4 is 18.2 Å². The van der Waals surface area contributed by atoms with Gasteiger partial charge in [0.15, 0.2) is 6.67 Å². The number of ether oxygens (including phenoxy) is 1. The zero-order valence-electron chi connectivity index (χ0n) is 16.3. The second-order valence-electron chi connectivity index (χ2n) is 6.66. The molecule has 0 aliphatic carbocycles. The number of rotatable bonds is 8. The molecule has 3 aromatic rings. The quantitative estimate of drug-likeness (QED) is 0.449. The van der Waals surface area contributed by atoms with Crippen LogP contribution in [0.15, 0.2) is 42.7 Å². The minimum Gasteiger partial charge on any atom is -0.466 e. The molecule has 1 atom stereocenters. The molecular formula is C19H25N6O2S+. The molecular weight excluding hydrogens is 376 g/mol. The first kappa shape index (κ1) is 20.0. The lowest BCUT2D eigenvalue weighted by molar-refractivity contribution is -0.917. The molecule has 0 saturated carbocycles. The highest BCUT2D eigenvalue weighted by atomic mass is 32.1. The maximum absolute atomic E-state index is 11.7. The Balaban J connectivity index is 1.65. The standard InChI is InChI=1S/C19H24N6O2S/c1-4-27-18(26)10-17-21-25(19(28)23(17)3)14-22(2)12-15-11-20-24(13-15)16-8-6-5-7-9-16/h5-9,11,13H,4,10,12,14H2,1-3H3/p+1. The van der Waals surface area contributed by atoms with Gasteiger partial charge in [-0.1, -0.05) is 18.2 Å². The Kier molecular flexibility index (Phi) is 6.37. The van der Waals surface area contributed by atoms with E-state index < -0.39 is 0 Å². The number of nitrogens with one attached hydrogen (secondary N) is 1. The molecule has 0 amide bonds. The van der Waals surface area contributed by atoms with Crippen LogP contribution in [-0.4, -0.2) is 43.8 Å². The van der Waals surface area contributed by atoms with Gasteiger partial charge in [0, 0.05) is 18.8 Å². The predicted octanol–water partition coefficient (Wildman–Crippen LogP) is 0.915. The molecule has 1 unspecified atom stereocenters. The third kappa shape index (κ3) is 4.73. The number of para-hydroxylation sites is 1. The van der Waals surface area contributed by atoms with Crippen LogP contribution in [0.4, 0.5) is 0 Å². The minimum atomic E-state index is -0.299. The van der Waals surface area contributed by atoms with E-state index in [0.717, 1.165) is 17.8 Å². The zero-order chi connectivity index (χ0) is 20.1. The number of benzene rings is 1. The summed E-state index contributed by atoms with van der Waals surface area (Å²) in [5.74, 6) is 0.305. The highest BCUT2D eigenvalue weighted by Gasteiger charge is 2.15. The third-order valence-electron chi connectivity index (χ3n) is 4.32. The van der Waals surface area contributed by atoms with E-state index in [1.807, 2.05) is 54.5 Å². The van der Waals surface area contributed by atoms with Gasteiger partial charge in [0.1, 0.15) is 18.8 Å². The molecule has 9 heteroatoms. The van der Waals surface area contributed by atoms with E-state index in [1.165, 1.54) is 4.90 Å². The van der Waals surface area contributed by atoms with Gasteiger partial charge in [-0.15, -0.1) is 0 Å². The van der Waals surface area contributed by atoms with Crippen LogP contribution in [0.2, 0.25) is 0 Å². The molecule has 0 bridgehead atoms. The largest absolute Gasteiger partial charge is 0.466 e. The lowest BCUT2D eigenvalue weighted by Gasteiger charge is -2.12. The van der Waals surface area contributed by atoms with Gasteiger partial charge >= 0.3 is 5.97 Å². The van der Waals surface area contributed by atoms with Gasteiger partial charge in [0.25, 0.3) is 0 Å². The van der Waals surface area contributed by atoms with E-state index in [-0.39, 0.29) is 12.4 Å². The van der Waals surface area contributed by atoms with Crippen molar-refractivity contribution < 1.29 is 14.4 Å². The van der Waals surface area contributed by atoms with Gasteiger partial charge in [-0.3, -0.25) is 4.79 Å². The second kappa shape index (κ2) is 8.94. The number of quaternary nitrogens is 1. The van der Waals surface area contributed by atoms with Crippen molar-refractivity contribution in [1.82, 2.24) is 24.1 Å². The molecule has 0 aliphatic heterocycles. The van der Waals surface area contributed by atoms with Crippen molar-refractivity contribution in [1.29, 1.82) is 0 Å². The molecule has 28 heavy (non-hydrogen) atoms. The van der Waals surface area contributed by atoms with Crippen molar-refractivity contribution in [3.05, 3.63) is 58.9 Å². The summed E-state index contributed by atoms with van der Waals surface area (Å²) in [6, 6.07) is 10.0. The minimum absolute atomic E-state index is 0.115. The van der Waals surface area contributed by atoms with Crippen LogP contribution in [0.1, 0.15) is 18.3 Å². The van der Waals surface area contributed by atoms with Crippen molar-refractivity contribution in [2.75, 3.05) is 13.7 Å². The summed E-state index contributed by atoms with van der Waals surface area (Å²) in [6.45, 7) is 3.51. The van der Waals surface area contributed by atoms with Crippen molar-refractivity contribution in [3.63, 3.8) is 0 Å². The van der Waals surface area contributed by atoms with E-state index in [0.29, 0.717) is 23.9 Å². The Bertz CT molecular complexity index is 992. The number of carbonyl (C=O) groups is 1. The fraction of sp³-hybridized carbons (Fsp3) is 0.368. The Morgan fingerprint density at radius 1 is 1.29 bits per heavy atom. The van der Waals surface area contributed by atoms with E-state index in [1.54, 1.807) is 16.2 Å². The van der Waals surface area contributed by atoms with Crippen LogP contribution in [0.3, 0.4) is 0 Å². The average molecular weight is 402 g/mol. The van der Waals surface area contributed by atoms with Crippen LogP contribution in [0.25, 0.3) is 5.69 Å². The Morgan fingerprint density at radius 2 is 2.04 bits per heavy atom. The number of nitrogens with zero attached hydrogens (tertiary/aromatic N) is 5. The molecule has 0 fully saturated rings. The lowest BCUT2D eigenvalue weighted by atomic mass is 10.3. The molecule has 0 radical (unpaired) electrons. The van der Waals surface area contributed by atoms with Crippen molar-refractivity contribution in [2.45, 2.75) is 26.6 Å². The lowest BCUT2D eigenvalue weighted by Crippen LogP contribution is -3.07. The van der Waals surface area contributed by atoms with Gasteiger partial charge in [-0.05, 0) is 31.3 Å². The summed E-state index contributed by atoms with van der Waals surface area (Å²) >= 11 is 5.46. The predicted molar refractivity (Wildman–Crippen MR) is 107 cm³/mol. The van der Waals surface area contributed by atoms with Gasteiger partial charge in [-0.25, -0.2) is 4.68 Å². The van der Waals surface area contributed by atoms with E-state index >= 15 is 0 Å². The Hall–Kier alpha value is -2.78. The molecule has 148 valence electrons. The maximum Gasteiger partial charge on any atom is 0.313 e. The first-order valence-corrected chi connectivity index (χ1v) is 9.57. The van der Waals surface area contributed by atoms with Gasteiger partial charge in [-0.2, -0.15) is 14.9 Å². The fourth-order valence-corrected chi connectivity index (χ4v) is 3.17. The first-order valence-electron chi connectivity index (χ1n) is 9.16. The molecule has 3 rings (SSSR count). The third-order valence-corrected chi connectivity index (χ3v) is 4.81. The molecule has 0 aliphatic rings. The van der Waals surface area contributed by atoms with Crippen LogP contribution >= 0.6 is 12.2 Å². The monoisotopic (exact) mass is 401 g/mol. The number of aromatic nitrogens is 5. The van der Waals surface area contributed by atoms with Gasteiger partial charge in [0.2, 0.25) is 4.77 Å². The van der Waals surface area contributed by atoms with E-state index in [9.17, 15) is 4.79 Å². The number of carbonyl (C=O) groups excluding carboxylic acids is 1. The molecule has 1 N–H and O–H groups in total. The van der Waals surface area contributed by atoms with E-state index in [4.69, 9.17) is 17.0 Å². The van der Waals surface area contributed by atoms with Crippen LogP contribution in [-0.2, 0) is 36.2 Å². The summed E-state index contributed by atoms with van der Waals surface area (Å²) in [7, 11) is 3.89. The summed E-state index contributed by atoms with van der Waals surface area (Å²) in [6.07, 6.45) is 4.02. The smallest absolute Gasteiger partial charge is 0.313 e. The highest BCUT2D eigenvalue weighted by molar-refractivity contribution is 7.71. The molecule has 0 saturated heterocycles. The van der Waals surface area contributed by atoms with E-state index in [2.05, 4.69) is 17.2 Å². The van der Waals surface area contributed by atoms with Crippen LogP contribution < -0.4 is 4.90 Å². The maximum atomic E-state index is 11.7. The number of esters is 1. The molecule has 0 spiro atoms. The van der Waals surface area contributed by atoms with Crippen LogP contribution in [0, 0.1) is 4.77 Å². The van der Waals surface area contributed by atoms with Crippen LogP contribution in [0.5, 0.6) is 0 Å². The average Bonchev–Trinajstić information content (AvgIpc) is 3.23. The molecule has 8 nitrogen and oxygen atoms in total. The molecule has 2 heterocycles. The SMILES string of the molecule is CCOC(=O)Cc1nn(C[NH+](C)Cc2cnn(-c3ccccc3)c2)c(=S)n1C. The Morgan fingerprint density at radius 3 is 2.75 bits per heavy atom. The zero-order valence-corrected chi connectivity index (χ0v) is 17.1. The highest BCUT2D eigenvalue weighted by Crippen LogP contribution is 2.07. The second-order valence-corrected chi connectivity index (χ2v) is 7.03. The number of hydrogen-bond donors (Lipinski definition) is 1. The fourth-order valence-electron chi connectivity index (χ4n) is 2.96.